The summed E-state index contributed by atoms with van der Waals surface area (Å²) in [5.74, 6) is 2.44. The third-order valence-corrected chi connectivity index (χ3v) is 5.48. The molecule has 0 saturated carbocycles. The molecule has 8 nitrogen and oxygen atoms in total. The Balaban J connectivity index is 1.46. The first kappa shape index (κ1) is 18.5. The number of aromatic nitrogens is 3. The van der Waals surface area contributed by atoms with Gasteiger partial charge in [0, 0.05) is 39.5 Å². The van der Waals surface area contributed by atoms with Crippen LogP contribution in [0.15, 0.2) is 30.3 Å². The fourth-order valence-electron chi connectivity index (χ4n) is 3.98. The van der Waals surface area contributed by atoms with Gasteiger partial charge in [-0.2, -0.15) is 0 Å². The standard InChI is InChI=1S/C20H25N5O3/c1-15(26)23-11-9-18-21-22-20(25(18)13-12-23)17-8-5-10-24(17)19(27)14-28-16-6-3-2-4-7-16/h2-4,6-7,17H,5,8-14H2,1H3/t17-/m1/s1. The van der Waals surface area contributed by atoms with Gasteiger partial charge in [0.2, 0.25) is 5.91 Å². The number of hydrogen-bond donors (Lipinski definition) is 0. The Morgan fingerprint density at radius 2 is 1.93 bits per heavy atom. The van der Waals surface area contributed by atoms with E-state index < -0.39 is 0 Å². The van der Waals surface area contributed by atoms with Crippen molar-refractivity contribution in [1.82, 2.24) is 24.6 Å². The van der Waals surface area contributed by atoms with E-state index in [-0.39, 0.29) is 24.5 Å². The zero-order valence-electron chi connectivity index (χ0n) is 16.1. The van der Waals surface area contributed by atoms with Crippen molar-refractivity contribution in [3.8, 4) is 5.75 Å². The molecule has 2 aliphatic heterocycles. The Labute approximate surface area is 164 Å². The number of likely N-dealkylation sites (tertiary alicyclic amines) is 1. The molecule has 1 aromatic carbocycles. The number of ether oxygens (including phenoxy) is 1. The first-order valence-electron chi connectivity index (χ1n) is 9.78. The summed E-state index contributed by atoms with van der Waals surface area (Å²) in [5, 5.41) is 8.77. The van der Waals surface area contributed by atoms with Crippen molar-refractivity contribution in [3.63, 3.8) is 0 Å². The van der Waals surface area contributed by atoms with E-state index in [1.807, 2.05) is 40.1 Å². The first-order chi connectivity index (χ1) is 13.6. The summed E-state index contributed by atoms with van der Waals surface area (Å²) in [5.41, 5.74) is 0. The molecule has 2 aromatic rings. The largest absolute Gasteiger partial charge is 0.484 e. The first-order valence-corrected chi connectivity index (χ1v) is 9.78. The van der Waals surface area contributed by atoms with E-state index in [1.165, 1.54) is 0 Å². The number of carbonyl (C=O) groups is 2. The SMILES string of the molecule is CC(=O)N1CCc2nnc([C@H]3CCCN3C(=O)COc3ccccc3)n2CC1. The lowest BCUT2D eigenvalue weighted by atomic mass is 10.2. The molecule has 0 bridgehead atoms. The van der Waals surface area contributed by atoms with E-state index >= 15 is 0 Å². The summed E-state index contributed by atoms with van der Waals surface area (Å²) in [6.07, 6.45) is 2.49. The molecular formula is C20H25N5O3. The minimum atomic E-state index is -0.0861. The number of carbonyl (C=O) groups excluding carboxylic acids is 2. The number of para-hydroxylation sites is 1. The van der Waals surface area contributed by atoms with Gasteiger partial charge in [-0.3, -0.25) is 9.59 Å². The number of fused-ring (bicyclic) bond motifs is 1. The molecule has 0 N–H and O–H groups in total. The Kier molecular flexibility index (Phi) is 5.27. The highest BCUT2D eigenvalue weighted by Crippen LogP contribution is 2.32. The van der Waals surface area contributed by atoms with Gasteiger partial charge in [0.1, 0.15) is 11.6 Å². The van der Waals surface area contributed by atoms with E-state index in [0.717, 1.165) is 24.5 Å². The summed E-state index contributed by atoms with van der Waals surface area (Å²) in [4.78, 5) is 28.2. The van der Waals surface area contributed by atoms with Crippen molar-refractivity contribution in [2.45, 2.75) is 38.8 Å². The zero-order valence-corrected chi connectivity index (χ0v) is 16.1. The van der Waals surface area contributed by atoms with E-state index in [1.54, 1.807) is 6.92 Å². The molecule has 2 aliphatic rings. The van der Waals surface area contributed by atoms with Gasteiger partial charge in [-0.15, -0.1) is 10.2 Å². The van der Waals surface area contributed by atoms with Gasteiger partial charge in [-0.05, 0) is 25.0 Å². The highest BCUT2D eigenvalue weighted by atomic mass is 16.5. The summed E-state index contributed by atoms with van der Waals surface area (Å²) >= 11 is 0. The lowest BCUT2D eigenvalue weighted by Gasteiger charge is -2.25. The van der Waals surface area contributed by atoms with Crippen LogP contribution in [0.1, 0.15) is 37.5 Å². The van der Waals surface area contributed by atoms with E-state index in [2.05, 4.69) is 14.8 Å². The summed E-state index contributed by atoms with van der Waals surface area (Å²) < 4.78 is 7.74. The average molecular weight is 383 g/mol. The predicted octanol–water partition coefficient (Wildman–Crippen LogP) is 1.43. The maximum atomic E-state index is 12.8. The second-order valence-corrected chi connectivity index (χ2v) is 7.23. The minimum absolute atomic E-state index is 0.0135. The molecule has 1 saturated heterocycles. The van der Waals surface area contributed by atoms with E-state index in [0.29, 0.717) is 38.3 Å². The van der Waals surface area contributed by atoms with Gasteiger partial charge in [0.25, 0.3) is 5.91 Å². The number of rotatable bonds is 4. The molecule has 1 fully saturated rings. The number of benzene rings is 1. The maximum Gasteiger partial charge on any atom is 0.261 e. The smallest absolute Gasteiger partial charge is 0.261 e. The van der Waals surface area contributed by atoms with Crippen LogP contribution < -0.4 is 4.74 Å². The van der Waals surface area contributed by atoms with Crippen LogP contribution in [0.2, 0.25) is 0 Å². The Hall–Kier alpha value is -2.90. The molecular weight excluding hydrogens is 358 g/mol. The lowest BCUT2D eigenvalue weighted by molar-refractivity contribution is -0.134. The second kappa shape index (κ2) is 8.00. The van der Waals surface area contributed by atoms with E-state index in [9.17, 15) is 9.59 Å². The maximum absolute atomic E-state index is 12.8. The van der Waals surface area contributed by atoms with Gasteiger partial charge in [-0.1, -0.05) is 18.2 Å². The van der Waals surface area contributed by atoms with Crippen LogP contribution in [-0.2, 0) is 22.6 Å². The van der Waals surface area contributed by atoms with Crippen molar-refractivity contribution in [1.29, 1.82) is 0 Å². The monoisotopic (exact) mass is 383 g/mol. The highest BCUT2D eigenvalue weighted by Gasteiger charge is 2.35. The van der Waals surface area contributed by atoms with Gasteiger partial charge < -0.3 is 19.1 Å². The van der Waals surface area contributed by atoms with Crippen LogP contribution in [0.3, 0.4) is 0 Å². The number of hydrogen-bond acceptors (Lipinski definition) is 5. The van der Waals surface area contributed by atoms with Crippen molar-refractivity contribution in [2.75, 3.05) is 26.2 Å². The predicted molar refractivity (Wildman–Crippen MR) is 102 cm³/mol. The minimum Gasteiger partial charge on any atom is -0.484 e. The van der Waals surface area contributed by atoms with Gasteiger partial charge in [0.15, 0.2) is 12.4 Å². The molecule has 0 aliphatic carbocycles. The van der Waals surface area contributed by atoms with Crippen LogP contribution in [0.25, 0.3) is 0 Å². The van der Waals surface area contributed by atoms with Gasteiger partial charge in [0.05, 0.1) is 6.04 Å². The normalized spacial score (nSPS) is 19.2. The fourth-order valence-corrected chi connectivity index (χ4v) is 3.98. The molecule has 148 valence electrons. The second-order valence-electron chi connectivity index (χ2n) is 7.23. The molecule has 0 spiro atoms. The summed E-state index contributed by atoms with van der Waals surface area (Å²) in [6, 6.07) is 9.27. The lowest BCUT2D eigenvalue weighted by Crippen LogP contribution is -2.36. The molecule has 1 atom stereocenters. The van der Waals surface area contributed by atoms with Crippen molar-refractivity contribution in [2.24, 2.45) is 0 Å². The summed E-state index contributed by atoms with van der Waals surface area (Å²) in [7, 11) is 0. The third kappa shape index (κ3) is 3.72. The molecule has 3 heterocycles. The quantitative estimate of drug-likeness (QED) is 0.798. The van der Waals surface area contributed by atoms with E-state index in [4.69, 9.17) is 4.74 Å². The fraction of sp³-hybridized carbons (Fsp3) is 0.500. The van der Waals surface area contributed by atoms with Gasteiger partial charge in [-0.25, -0.2) is 0 Å². The molecule has 0 radical (unpaired) electrons. The molecule has 28 heavy (non-hydrogen) atoms. The van der Waals surface area contributed by atoms with Crippen LogP contribution in [0, 0.1) is 0 Å². The molecule has 2 amide bonds. The topological polar surface area (TPSA) is 80.6 Å². The van der Waals surface area contributed by atoms with Crippen molar-refractivity contribution < 1.29 is 14.3 Å². The van der Waals surface area contributed by atoms with Crippen molar-refractivity contribution >= 4 is 11.8 Å². The molecule has 8 heteroatoms. The number of nitrogens with zero attached hydrogens (tertiary/aromatic N) is 5. The van der Waals surface area contributed by atoms with Crippen LogP contribution >= 0.6 is 0 Å². The molecule has 1 aromatic heterocycles. The highest BCUT2D eigenvalue weighted by molar-refractivity contribution is 5.78. The summed E-state index contributed by atoms with van der Waals surface area (Å²) in [6.45, 7) is 4.27. The van der Waals surface area contributed by atoms with Crippen LogP contribution in [-0.4, -0.2) is 62.6 Å². The Morgan fingerprint density at radius 1 is 1.11 bits per heavy atom. The molecule has 0 unspecified atom stereocenters. The Morgan fingerprint density at radius 3 is 2.71 bits per heavy atom. The Bertz CT molecular complexity index is 851. The van der Waals surface area contributed by atoms with Gasteiger partial charge >= 0.3 is 0 Å². The number of amides is 2. The third-order valence-electron chi connectivity index (χ3n) is 5.48. The van der Waals surface area contributed by atoms with Crippen LogP contribution in [0.5, 0.6) is 5.75 Å². The zero-order chi connectivity index (χ0) is 19.5. The van der Waals surface area contributed by atoms with Crippen molar-refractivity contribution in [3.05, 3.63) is 42.0 Å². The average Bonchev–Trinajstić information content (AvgIpc) is 3.28. The van der Waals surface area contributed by atoms with Crippen LogP contribution in [0.4, 0.5) is 0 Å². The molecule has 4 rings (SSSR count).